The zero-order valence-corrected chi connectivity index (χ0v) is 10.9. The summed E-state index contributed by atoms with van der Waals surface area (Å²) in [6.07, 6.45) is 0.340. The number of aromatic nitrogens is 1. The molecule has 0 saturated carbocycles. The van der Waals surface area contributed by atoms with E-state index in [0.29, 0.717) is 18.7 Å². The molecule has 1 aromatic rings. The molecule has 0 aliphatic carbocycles. The Balaban J connectivity index is 2.03. The van der Waals surface area contributed by atoms with Crippen LogP contribution in [0.5, 0.6) is 0 Å². The fourth-order valence-electron chi connectivity index (χ4n) is 1.50. The number of aryl methyl sites for hydroxylation is 1. The Morgan fingerprint density at radius 1 is 1.69 bits per heavy atom. The van der Waals surface area contributed by atoms with Crippen LogP contribution in [0.2, 0.25) is 0 Å². The second kappa shape index (κ2) is 4.50. The third-order valence-corrected chi connectivity index (χ3v) is 3.84. The minimum absolute atomic E-state index is 0.0289. The van der Waals surface area contributed by atoms with Gasteiger partial charge in [0.05, 0.1) is 11.0 Å². The van der Waals surface area contributed by atoms with Crippen LogP contribution >= 0.6 is 27.3 Å². The van der Waals surface area contributed by atoms with Crippen molar-refractivity contribution in [2.75, 3.05) is 6.54 Å². The lowest BCUT2D eigenvalue weighted by atomic mass is 10.2. The molecule has 1 unspecified atom stereocenters. The van der Waals surface area contributed by atoms with E-state index in [1.165, 1.54) is 11.3 Å². The number of thiazole rings is 1. The normalized spacial score (nSPS) is 19.6. The number of carbonyl (C=O) groups is 2. The summed E-state index contributed by atoms with van der Waals surface area (Å²) in [6.45, 7) is 2.33. The molecular weight excluding hydrogens is 294 g/mol. The van der Waals surface area contributed by atoms with Gasteiger partial charge < -0.3 is 10.6 Å². The Hall–Kier alpha value is -0.950. The molecule has 1 aliphatic rings. The molecule has 1 atom stereocenters. The van der Waals surface area contributed by atoms with Crippen LogP contribution in [-0.4, -0.2) is 29.4 Å². The number of amides is 2. The number of hydrogen-bond donors (Lipinski definition) is 2. The molecule has 1 saturated heterocycles. The largest absolute Gasteiger partial charge is 0.354 e. The van der Waals surface area contributed by atoms with Crippen LogP contribution in [0.1, 0.15) is 21.9 Å². The number of nitrogens with one attached hydrogen (secondary N) is 2. The van der Waals surface area contributed by atoms with Crippen LogP contribution in [-0.2, 0) is 4.79 Å². The standard InChI is InChI=1S/C9H10BrN3O2S/c1-4-12-7(8(10)16-4)9(15)13-5-2-6(14)11-3-5/h5H,2-3H2,1H3,(H,11,14)(H,13,15). The Morgan fingerprint density at radius 3 is 2.94 bits per heavy atom. The van der Waals surface area contributed by atoms with E-state index >= 15 is 0 Å². The van der Waals surface area contributed by atoms with Crippen molar-refractivity contribution in [3.8, 4) is 0 Å². The Labute approximate surface area is 105 Å². The molecule has 0 radical (unpaired) electrons. The second-order valence-electron chi connectivity index (χ2n) is 3.53. The molecule has 2 rings (SSSR count). The first-order valence-corrected chi connectivity index (χ1v) is 6.37. The van der Waals surface area contributed by atoms with Crippen LogP contribution in [0.25, 0.3) is 0 Å². The summed E-state index contributed by atoms with van der Waals surface area (Å²) in [5.74, 6) is -0.267. The number of rotatable bonds is 2. The summed E-state index contributed by atoms with van der Waals surface area (Å²) in [6, 6.07) is -0.131. The highest BCUT2D eigenvalue weighted by Crippen LogP contribution is 2.24. The van der Waals surface area contributed by atoms with Crippen LogP contribution in [0.4, 0.5) is 0 Å². The highest BCUT2D eigenvalue weighted by atomic mass is 79.9. The minimum atomic E-state index is -0.238. The highest BCUT2D eigenvalue weighted by Gasteiger charge is 2.25. The topological polar surface area (TPSA) is 71.1 Å². The van der Waals surface area contributed by atoms with Gasteiger partial charge in [-0.15, -0.1) is 11.3 Å². The molecular formula is C9H10BrN3O2S. The molecule has 1 fully saturated rings. The van der Waals surface area contributed by atoms with Gasteiger partial charge in [-0.2, -0.15) is 0 Å². The van der Waals surface area contributed by atoms with Crippen molar-refractivity contribution in [3.05, 3.63) is 14.5 Å². The van der Waals surface area contributed by atoms with Crippen molar-refractivity contribution < 1.29 is 9.59 Å². The zero-order chi connectivity index (χ0) is 11.7. The third-order valence-electron chi connectivity index (χ3n) is 2.22. The van der Waals surface area contributed by atoms with Gasteiger partial charge in [0.1, 0.15) is 3.79 Å². The van der Waals surface area contributed by atoms with E-state index in [1.807, 2.05) is 6.92 Å². The van der Waals surface area contributed by atoms with E-state index < -0.39 is 0 Å². The smallest absolute Gasteiger partial charge is 0.272 e. The fourth-order valence-corrected chi connectivity index (χ4v) is 3.11. The second-order valence-corrected chi connectivity index (χ2v) is 6.05. The lowest BCUT2D eigenvalue weighted by Crippen LogP contribution is -2.36. The predicted molar refractivity (Wildman–Crippen MR) is 63.4 cm³/mol. The Morgan fingerprint density at radius 2 is 2.44 bits per heavy atom. The first kappa shape index (κ1) is 11.5. The molecule has 0 bridgehead atoms. The van der Waals surface area contributed by atoms with E-state index in [9.17, 15) is 9.59 Å². The number of halogens is 1. The van der Waals surface area contributed by atoms with Crippen molar-refractivity contribution >= 4 is 39.1 Å². The molecule has 7 heteroatoms. The van der Waals surface area contributed by atoms with E-state index in [0.717, 1.165) is 8.79 Å². The molecule has 1 aromatic heterocycles. The third kappa shape index (κ3) is 2.41. The monoisotopic (exact) mass is 303 g/mol. The molecule has 5 nitrogen and oxygen atoms in total. The van der Waals surface area contributed by atoms with Crippen LogP contribution in [0, 0.1) is 6.92 Å². The Kier molecular flexibility index (Phi) is 3.25. The molecule has 2 amide bonds. The van der Waals surface area contributed by atoms with Gasteiger partial charge >= 0.3 is 0 Å². The zero-order valence-electron chi connectivity index (χ0n) is 8.54. The predicted octanol–water partition coefficient (Wildman–Crippen LogP) is 0.832. The van der Waals surface area contributed by atoms with Crippen LogP contribution in [0.3, 0.4) is 0 Å². The van der Waals surface area contributed by atoms with Gasteiger partial charge in [-0.05, 0) is 22.9 Å². The fraction of sp³-hybridized carbons (Fsp3) is 0.444. The van der Waals surface area contributed by atoms with Crippen molar-refractivity contribution in [3.63, 3.8) is 0 Å². The van der Waals surface area contributed by atoms with E-state index in [1.54, 1.807) is 0 Å². The first-order chi connectivity index (χ1) is 7.56. The van der Waals surface area contributed by atoms with Gasteiger partial charge in [0, 0.05) is 13.0 Å². The summed E-state index contributed by atoms with van der Waals surface area (Å²) in [7, 11) is 0. The number of nitrogens with zero attached hydrogens (tertiary/aromatic N) is 1. The van der Waals surface area contributed by atoms with Crippen molar-refractivity contribution in [1.82, 2.24) is 15.6 Å². The summed E-state index contributed by atoms with van der Waals surface area (Å²) < 4.78 is 0.722. The summed E-state index contributed by atoms with van der Waals surface area (Å²) >= 11 is 4.71. The molecule has 0 aromatic carbocycles. The summed E-state index contributed by atoms with van der Waals surface area (Å²) in [5.41, 5.74) is 0.391. The molecule has 0 spiro atoms. The lowest BCUT2D eigenvalue weighted by molar-refractivity contribution is -0.119. The first-order valence-electron chi connectivity index (χ1n) is 4.76. The van der Waals surface area contributed by atoms with Gasteiger partial charge in [-0.3, -0.25) is 9.59 Å². The summed E-state index contributed by atoms with van der Waals surface area (Å²) in [5, 5.41) is 6.27. The van der Waals surface area contributed by atoms with E-state index in [4.69, 9.17) is 0 Å². The average molecular weight is 304 g/mol. The highest BCUT2D eigenvalue weighted by molar-refractivity contribution is 9.11. The Bertz CT molecular complexity index is 446. The molecule has 2 N–H and O–H groups in total. The van der Waals surface area contributed by atoms with Gasteiger partial charge in [0.25, 0.3) is 5.91 Å². The van der Waals surface area contributed by atoms with Crippen molar-refractivity contribution in [2.45, 2.75) is 19.4 Å². The number of hydrogen-bond acceptors (Lipinski definition) is 4. The van der Waals surface area contributed by atoms with E-state index in [2.05, 4.69) is 31.5 Å². The minimum Gasteiger partial charge on any atom is -0.354 e. The van der Waals surface area contributed by atoms with Gasteiger partial charge in [-0.1, -0.05) is 0 Å². The quantitative estimate of drug-likeness (QED) is 0.850. The maximum absolute atomic E-state index is 11.8. The van der Waals surface area contributed by atoms with E-state index in [-0.39, 0.29) is 17.9 Å². The maximum atomic E-state index is 11.8. The molecule has 1 aliphatic heterocycles. The van der Waals surface area contributed by atoms with Crippen molar-refractivity contribution in [1.29, 1.82) is 0 Å². The van der Waals surface area contributed by atoms with Crippen LogP contribution in [0.15, 0.2) is 3.79 Å². The molecule has 86 valence electrons. The van der Waals surface area contributed by atoms with Gasteiger partial charge in [-0.25, -0.2) is 4.98 Å². The average Bonchev–Trinajstić information content (AvgIpc) is 2.73. The molecule has 2 heterocycles. The van der Waals surface area contributed by atoms with Crippen molar-refractivity contribution in [2.24, 2.45) is 0 Å². The maximum Gasteiger partial charge on any atom is 0.272 e. The lowest BCUT2D eigenvalue weighted by Gasteiger charge is -2.08. The van der Waals surface area contributed by atoms with Gasteiger partial charge in [0.2, 0.25) is 5.91 Å². The molecule has 16 heavy (non-hydrogen) atoms. The number of carbonyl (C=O) groups excluding carboxylic acids is 2. The summed E-state index contributed by atoms with van der Waals surface area (Å²) in [4.78, 5) is 26.9. The van der Waals surface area contributed by atoms with Crippen LogP contribution < -0.4 is 10.6 Å². The van der Waals surface area contributed by atoms with Gasteiger partial charge in [0.15, 0.2) is 5.69 Å². The SMILES string of the molecule is Cc1nc(C(=O)NC2CNC(=O)C2)c(Br)s1.